The van der Waals surface area contributed by atoms with Gasteiger partial charge in [-0.25, -0.2) is 0 Å². The molecule has 0 saturated carbocycles. The monoisotopic (exact) mass is 277 g/mol. The summed E-state index contributed by atoms with van der Waals surface area (Å²) in [4.78, 5) is 0. The van der Waals surface area contributed by atoms with Gasteiger partial charge in [-0.2, -0.15) is 8.78 Å². The van der Waals surface area contributed by atoms with Gasteiger partial charge in [0.2, 0.25) is 0 Å². The summed E-state index contributed by atoms with van der Waals surface area (Å²) in [6.45, 7) is 1.64. The van der Waals surface area contributed by atoms with E-state index in [9.17, 15) is 8.78 Å². The van der Waals surface area contributed by atoms with Gasteiger partial charge < -0.3 is 10.1 Å². The smallest absolute Gasteiger partial charge is 0.387 e. The van der Waals surface area contributed by atoms with Crippen molar-refractivity contribution in [2.45, 2.75) is 27.0 Å². The molecule has 1 N–H and O–H groups in total. The number of ether oxygens (including phenoxy) is 1. The summed E-state index contributed by atoms with van der Waals surface area (Å²) in [6, 6.07) is 12.9. The van der Waals surface area contributed by atoms with Crippen LogP contribution < -0.4 is 10.1 Å². The van der Waals surface area contributed by atoms with Gasteiger partial charge >= 0.3 is 6.61 Å². The first-order chi connectivity index (χ1) is 9.56. The molecule has 0 heterocycles. The molecule has 2 aromatic carbocycles. The van der Waals surface area contributed by atoms with E-state index in [1.807, 2.05) is 32.0 Å². The predicted octanol–water partition coefficient (Wildman–Crippen LogP) is 4.52. The van der Waals surface area contributed by atoms with Gasteiger partial charge in [-0.05, 0) is 37.1 Å². The number of nitrogens with one attached hydrogen (secondary N) is 1. The first-order valence-corrected chi connectivity index (χ1v) is 6.40. The Morgan fingerprint density at radius 2 is 1.85 bits per heavy atom. The Balaban J connectivity index is 2.12. The van der Waals surface area contributed by atoms with Gasteiger partial charge in [0.05, 0.1) is 0 Å². The highest BCUT2D eigenvalue weighted by Crippen LogP contribution is 2.23. The van der Waals surface area contributed by atoms with E-state index in [1.165, 1.54) is 0 Å². The summed E-state index contributed by atoms with van der Waals surface area (Å²) in [7, 11) is 0. The largest absolute Gasteiger partial charge is 0.434 e. The van der Waals surface area contributed by atoms with E-state index in [1.54, 1.807) is 24.3 Å². The van der Waals surface area contributed by atoms with Crippen LogP contribution in [0.25, 0.3) is 0 Å². The minimum Gasteiger partial charge on any atom is -0.434 e. The molecular formula is C16H17F2NO. The van der Waals surface area contributed by atoms with Gasteiger partial charge in [0.15, 0.2) is 0 Å². The SMILES string of the molecule is Cc1ccc(C)c(NCc2ccccc2OC(F)F)c1. The summed E-state index contributed by atoms with van der Waals surface area (Å²) in [5.74, 6) is 0.209. The van der Waals surface area contributed by atoms with Crippen molar-refractivity contribution in [2.24, 2.45) is 0 Å². The highest BCUT2D eigenvalue weighted by atomic mass is 19.3. The Labute approximate surface area is 117 Å². The third-order valence-electron chi connectivity index (χ3n) is 3.05. The molecule has 0 spiro atoms. The minimum atomic E-state index is -2.81. The van der Waals surface area contributed by atoms with Crippen molar-refractivity contribution in [2.75, 3.05) is 5.32 Å². The second kappa shape index (κ2) is 6.37. The van der Waals surface area contributed by atoms with Gasteiger partial charge in [-0.1, -0.05) is 30.3 Å². The highest BCUT2D eigenvalue weighted by molar-refractivity contribution is 5.53. The lowest BCUT2D eigenvalue weighted by molar-refractivity contribution is -0.0504. The zero-order valence-corrected chi connectivity index (χ0v) is 11.5. The Morgan fingerprint density at radius 1 is 1.10 bits per heavy atom. The van der Waals surface area contributed by atoms with Crippen LogP contribution in [0, 0.1) is 13.8 Å². The molecule has 0 aliphatic rings. The van der Waals surface area contributed by atoms with E-state index in [0.717, 1.165) is 16.8 Å². The van der Waals surface area contributed by atoms with E-state index < -0.39 is 6.61 Å². The van der Waals surface area contributed by atoms with Crippen LogP contribution in [0.4, 0.5) is 14.5 Å². The quantitative estimate of drug-likeness (QED) is 0.867. The fourth-order valence-electron chi connectivity index (χ4n) is 1.98. The molecule has 0 saturated heterocycles. The van der Waals surface area contributed by atoms with Crippen LogP contribution in [-0.4, -0.2) is 6.61 Å². The second-order valence-electron chi connectivity index (χ2n) is 4.66. The zero-order valence-electron chi connectivity index (χ0n) is 11.5. The van der Waals surface area contributed by atoms with Gasteiger partial charge in [0, 0.05) is 17.8 Å². The molecule has 0 fully saturated rings. The number of benzene rings is 2. The van der Waals surface area contributed by atoms with Crippen LogP contribution in [0.5, 0.6) is 5.75 Å². The van der Waals surface area contributed by atoms with E-state index >= 15 is 0 Å². The summed E-state index contributed by atoms with van der Waals surface area (Å²) >= 11 is 0. The Morgan fingerprint density at radius 3 is 2.60 bits per heavy atom. The number of hydrogen-bond donors (Lipinski definition) is 1. The van der Waals surface area contributed by atoms with Crippen molar-refractivity contribution in [1.82, 2.24) is 0 Å². The molecule has 2 aromatic rings. The molecule has 2 rings (SSSR count). The molecule has 0 aliphatic carbocycles. The third kappa shape index (κ3) is 3.70. The van der Waals surface area contributed by atoms with Crippen molar-refractivity contribution < 1.29 is 13.5 Å². The van der Waals surface area contributed by atoms with Crippen molar-refractivity contribution in [3.05, 3.63) is 59.2 Å². The van der Waals surface area contributed by atoms with Crippen LogP contribution in [0.1, 0.15) is 16.7 Å². The molecule has 0 aromatic heterocycles. The lowest BCUT2D eigenvalue weighted by atomic mass is 10.1. The molecule has 2 nitrogen and oxygen atoms in total. The second-order valence-corrected chi connectivity index (χ2v) is 4.66. The molecule has 0 bridgehead atoms. The van der Waals surface area contributed by atoms with Crippen molar-refractivity contribution in [1.29, 1.82) is 0 Å². The number of alkyl halides is 2. The normalized spacial score (nSPS) is 10.7. The summed E-state index contributed by atoms with van der Waals surface area (Å²) in [5.41, 5.74) is 3.96. The predicted molar refractivity (Wildman–Crippen MR) is 76.3 cm³/mol. The van der Waals surface area contributed by atoms with Crippen molar-refractivity contribution in [3.63, 3.8) is 0 Å². The maximum Gasteiger partial charge on any atom is 0.387 e. The van der Waals surface area contributed by atoms with Crippen LogP contribution >= 0.6 is 0 Å². The minimum absolute atomic E-state index is 0.209. The number of para-hydroxylation sites is 1. The lowest BCUT2D eigenvalue weighted by Gasteiger charge is -2.14. The Bertz CT molecular complexity index is 584. The number of aryl methyl sites for hydroxylation is 2. The average Bonchev–Trinajstić information content (AvgIpc) is 2.41. The lowest BCUT2D eigenvalue weighted by Crippen LogP contribution is -2.07. The number of rotatable bonds is 5. The first kappa shape index (κ1) is 14.3. The van der Waals surface area contributed by atoms with E-state index in [2.05, 4.69) is 10.1 Å². The van der Waals surface area contributed by atoms with Crippen LogP contribution in [0.2, 0.25) is 0 Å². The number of anilines is 1. The summed E-state index contributed by atoms with van der Waals surface area (Å²) in [6.07, 6.45) is 0. The van der Waals surface area contributed by atoms with E-state index in [0.29, 0.717) is 12.1 Å². The fraction of sp³-hybridized carbons (Fsp3) is 0.250. The van der Waals surface area contributed by atoms with Crippen LogP contribution in [-0.2, 0) is 6.54 Å². The molecule has 0 aliphatic heterocycles. The summed E-state index contributed by atoms with van der Waals surface area (Å²) < 4.78 is 29.2. The first-order valence-electron chi connectivity index (χ1n) is 6.40. The molecule has 4 heteroatoms. The topological polar surface area (TPSA) is 21.3 Å². The van der Waals surface area contributed by atoms with Gasteiger partial charge in [-0.15, -0.1) is 0 Å². The van der Waals surface area contributed by atoms with Gasteiger partial charge in [0.25, 0.3) is 0 Å². The van der Waals surface area contributed by atoms with Crippen LogP contribution in [0.15, 0.2) is 42.5 Å². The molecule has 0 atom stereocenters. The molecule has 20 heavy (non-hydrogen) atoms. The van der Waals surface area contributed by atoms with Crippen LogP contribution in [0.3, 0.4) is 0 Å². The number of halogens is 2. The molecule has 0 unspecified atom stereocenters. The van der Waals surface area contributed by atoms with Crippen molar-refractivity contribution >= 4 is 5.69 Å². The maximum absolute atomic E-state index is 12.3. The zero-order chi connectivity index (χ0) is 14.5. The maximum atomic E-state index is 12.3. The molecule has 0 radical (unpaired) electrons. The average molecular weight is 277 g/mol. The van der Waals surface area contributed by atoms with Crippen molar-refractivity contribution in [3.8, 4) is 5.75 Å². The Kier molecular flexibility index (Phi) is 4.56. The Hall–Kier alpha value is -2.10. The fourth-order valence-corrected chi connectivity index (χ4v) is 1.98. The molecular weight excluding hydrogens is 260 g/mol. The molecule has 106 valence electrons. The van der Waals surface area contributed by atoms with E-state index in [-0.39, 0.29) is 5.75 Å². The third-order valence-corrected chi connectivity index (χ3v) is 3.05. The summed E-state index contributed by atoms with van der Waals surface area (Å²) in [5, 5.41) is 3.26. The van der Waals surface area contributed by atoms with Gasteiger partial charge in [0.1, 0.15) is 5.75 Å². The number of hydrogen-bond acceptors (Lipinski definition) is 2. The van der Waals surface area contributed by atoms with Gasteiger partial charge in [-0.3, -0.25) is 0 Å². The standard InChI is InChI=1S/C16H17F2NO/c1-11-7-8-12(2)14(9-11)19-10-13-5-3-4-6-15(13)20-16(17)18/h3-9,16,19H,10H2,1-2H3. The highest BCUT2D eigenvalue weighted by Gasteiger charge is 2.09. The van der Waals surface area contributed by atoms with E-state index in [4.69, 9.17) is 0 Å². The molecule has 0 amide bonds.